The van der Waals surface area contributed by atoms with Crippen LogP contribution in [0.3, 0.4) is 0 Å². The van der Waals surface area contributed by atoms with Gasteiger partial charge < -0.3 is 19.3 Å². The van der Waals surface area contributed by atoms with E-state index in [1.807, 2.05) is 0 Å². The van der Waals surface area contributed by atoms with Crippen LogP contribution in [0.4, 0.5) is 35.1 Å². The van der Waals surface area contributed by atoms with Crippen molar-refractivity contribution < 1.29 is 64.0 Å². The fraction of sp³-hybridized carbons (Fsp3) is 0.263. The molecule has 2 aromatic rings. The molecule has 0 spiro atoms. The van der Waals surface area contributed by atoms with Crippen molar-refractivity contribution in [3.8, 4) is 11.5 Å². The van der Waals surface area contributed by atoms with E-state index in [1.165, 1.54) is 6.07 Å². The molecule has 0 bridgehead atoms. The second-order valence-corrected chi connectivity index (χ2v) is 5.95. The van der Waals surface area contributed by atoms with Gasteiger partial charge in [-0.2, -0.15) is 0 Å². The van der Waals surface area contributed by atoms with Crippen molar-refractivity contribution >= 4 is 11.9 Å². The number of rotatable bonds is 6. The third-order valence-electron chi connectivity index (χ3n) is 3.37. The minimum absolute atomic E-state index is 0.0214. The van der Waals surface area contributed by atoms with Crippen LogP contribution in [0.5, 0.6) is 11.5 Å². The number of carboxylic acid groups (broad SMARTS) is 1. The lowest BCUT2D eigenvalue weighted by Gasteiger charge is -2.10. The lowest BCUT2D eigenvalue weighted by molar-refractivity contribution is -0.276. The number of halogens is 8. The number of carbonyl (C=O) groups is 2. The molecule has 0 radical (unpaired) electrons. The lowest BCUT2D eigenvalue weighted by atomic mass is 10.1. The minimum Gasteiger partial charge on any atom is -0.481 e. The largest absolute Gasteiger partial charge is 0.573 e. The Bertz CT molecular complexity index is 972. The maximum absolute atomic E-state index is 13.0. The summed E-state index contributed by atoms with van der Waals surface area (Å²) in [5, 5.41) is 8.40. The molecule has 0 aliphatic carbocycles. The Labute approximate surface area is 180 Å². The van der Waals surface area contributed by atoms with Gasteiger partial charge in [0, 0.05) is 0 Å². The van der Waals surface area contributed by atoms with Crippen molar-refractivity contribution in [2.75, 3.05) is 7.11 Å². The maximum atomic E-state index is 13.0. The van der Waals surface area contributed by atoms with Crippen LogP contribution in [0.2, 0.25) is 0 Å². The highest BCUT2D eigenvalue weighted by molar-refractivity contribution is 5.72. The molecule has 33 heavy (non-hydrogen) atoms. The Balaban J connectivity index is 0.000000331. The summed E-state index contributed by atoms with van der Waals surface area (Å²) in [6.45, 7) is 0. The van der Waals surface area contributed by atoms with Crippen LogP contribution in [0, 0.1) is 11.6 Å². The van der Waals surface area contributed by atoms with Gasteiger partial charge in [0.2, 0.25) is 0 Å². The number of benzene rings is 2. The van der Waals surface area contributed by atoms with Crippen molar-refractivity contribution in [1.29, 1.82) is 0 Å². The number of ether oxygens (including phenoxy) is 3. The molecular formula is C19H14F8O6. The molecule has 0 amide bonds. The number of hydrogen-bond donors (Lipinski definition) is 1. The first-order valence-corrected chi connectivity index (χ1v) is 8.46. The number of methoxy groups -OCH3 is 1. The normalized spacial score (nSPS) is 11.2. The zero-order valence-corrected chi connectivity index (χ0v) is 16.4. The molecule has 6 nitrogen and oxygen atoms in total. The Kier molecular flexibility index (Phi) is 9.43. The summed E-state index contributed by atoms with van der Waals surface area (Å²) in [6.07, 6.45) is -10.8. The molecule has 0 aliphatic heterocycles. The van der Waals surface area contributed by atoms with Crippen molar-refractivity contribution in [2.24, 2.45) is 0 Å². The number of hydrogen-bond acceptors (Lipinski definition) is 5. The average Bonchev–Trinajstić information content (AvgIpc) is 2.65. The lowest BCUT2D eigenvalue weighted by Crippen LogP contribution is -2.18. The van der Waals surface area contributed by atoms with Gasteiger partial charge in [0.1, 0.15) is 0 Å². The summed E-state index contributed by atoms with van der Waals surface area (Å²) in [4.78, 5) is 21.2. The Morgan fingerprint density at radius 1 is 0.788 bits per heavy atom. The van der Waals surface area contributed by atoms with Gasteiger partial charge in [-0.05, 0) is 35.4 Å². The van der Waals surface area contributed by atoms with Crippen LogP contribution in [-0.4, -0.2) is 36.9 Å². The standard InChI is InChI=1S/C10H8F4O3.C9H6F4O3/c1-16-9(15)5-6-2-3-7(11)8(4-6)17-10(12,13)14;10-6-2-1-5(4-8(14)15)3-7(6)16-9(11,12)13/h2-4H,5H2,1H3;1-3H,4H2,(H,14,15). The number of esters is 1. The molecule has 0 aliphatic rings. The average molecular weight is 490 g/mol. The van der Waals surface area contributed by atoms with Crippen LogP contribution < -0.4 is 9.47 Å². The number of alkyl halides is 6. The predicted octanol–water partition coefficient (Wildman–Crippen LogP) is 4.79. The monoisotopic (exact) mass is 490 g/mol. The van der Waals surface area contributed by atoms with E-state index in [0.717, 1.165) is 31.4 Å². The molecule has 0 atom stereocenters. The highest BCUT2D eigenvalue weighted by atomic mass is 19.4. The zero-order valence-electron chi connectivity index (χ0n) is 16.4. The summed E-state index contributed by atoms with van der Waals surface area (Å²) in [5.41, 5.74) is 0.186. The van der Waals surface area contributed by atoms with Crippen LogP contribution in [0.15, 0.2) is 36.4 Å². The quantitative estimate of drug-likeness (QED) is 0.463. The third kappa shape index (κ3) is 11.0. The zero-order chi connectivity index (χ0) is 25.4. The van der Waals surface area contributed by atoms with E-state index in [2.05, 4.69) is 14.2 Å². The molecule has 2 rings (SSSR count). The van der Waals surface area contributed by atoms with E-state index in [-0.39, 0.29) is 17.5 Å². The van der Waals surface area contributed by atoms with Crippen LogP contribution in [0.25, 0.3) is 0 Å². The van der Waals surface area contributed by atoms with Gasteiger partial charge in [0.15, 0.2) is 23.1 Å². The fourth-order valence-corrected chi connectivity index (χ4v) is 2.13. The summed E-state index contributed by atoms with van der Waals surface area (Å²) in [5.74, 6) is -6.24. The van der Waals surface area contributed by atoms with E-state index in [4.69, 9.17) is 5.11 Å². The molecule has 2 aromatic carbocycles. The topological polar surface area (TPSA) is 82.1 Å². The van der Waals surface area contributed by atoms with E-state index >= 15 is 0 Å². The molecule has 0 saturated heterocycles. The van der Waals surface area contributed by atoms with Crippen LogP contribution >= 0.6 is 0 Å². The third-order valence-corrected chi connectivity index (χ3v) is 3.37. The van der Waals surface area contributed by atoms with Crippen molar-refractivity contribution in [1.82, 2.24) is 0 Å². The highest BCUT2D eigenvalue weighted by Crippen LogP contribution is 2.27. The van der Waals surface area contributed by atoms with E-state index in [0.29, 0.717) is 6.07 Å². The Hall–Kier alpha value is -3.58. The summed E-state index contributed by atoms with van der Waals surface area (Å²) in [6, 6.07) is 5.28. The van der Waals surface area contributed by atoms with Crippen molar-refractivity contribution in [3.05, 3.63) is 59.2 Å². The first-order chi connectivity index (χ1) is 15.1. The molecule has 0 aromatic heterocycles. The van der Waals surface area contributed by atoms with Gasteiger partial charge in [-0.3, -0.25) is 9.59 Å². The van der Waals surface area contributed by atoms with Crippen molar-refractivity contribution in [3.63, 3.8) is 0 Å². The summed E-state index contributed by atoms with van der Waals surface area (Å²) < 4.78 is 108. The molecule has 0 fully saturated rings. The first-order valence-electron chi connectivity index (χ1n) is 8.46. The Morgan fingerprint density at radius 2 is 1.18 bits per heavy atom. The van der Waals surface area contributed by atoms with Gasteiger partial charge in [-0.15, -0.1) is 26.3 Å². The van der Waals surface area contributed by atoms with Gasteiger partial charge in [-0.1, -0.05) is 12.1 Å². The molecule has 1 N–H and O–H groups in total. The molecule has 0 heterocycles. The summed E-state index contributed by atoms with van der Waals surface area (Å²) >= 11 is 0. The second-order valence-electron chi connectivity index (χ2n) is 5.95. The van der Waals surface area contributed by atoms with Gasteiger partial charge in [-0.25, -0.2) is 8.78 Å². The van der Waals surface area contributed by atoms with Gasteiger partial charge >= 0.3 is 24.7 Å². The first kappa shape index (κ1) is 27.5. The Morgan fingerprint density at radius 3 is 1.52 bits per heavy atom. The predicted molar refractivity (Wildman–Crippen MR) is 93.2 cm³/mol. The van der Waals surface area contributed by atoms with E-state index < -0.39 is 54.2 Å². The smallest absolute Gasteiger partial charge is 0.481 e. The molecule has 14 heteroatoms. The van der Waals surface area contributed by atoms with E-state index in [1.54, 1.807) is 0 Å². The second kappa shape index (κ2) is 11.3. The van der Waals surface area contributed by atoms with E-state index in [9.17, 15) is 44.7 Å². The summed E-state index contributed by atoms with van der Waals surface area (Å²) in [7, 11) is 1.14. The maximum Gasteiger partial charge on any atom is 0.573 e. The molecular weight excluding hydrogens is 476 g/mol. The number of carbonyl (C=O) groups excluding carboxylic acids is 1. The van der Waals surface area contributed by atoms with Gasteiger partial charge in [0.25, 0.3) is 0 Å². The molecule has 0 unspecified atom stereocenters. The fourth-order valence-electron chi connectivity index (χ4n) is 2.13. The van der Waals surface area contributed by atoms with Crippen LogP contribution in [-0.2, 0) is 27.2 Å². The number of aliphatic carboxylic acids is 1. The highest BCUT2D eigenvalue weighted by Gasteiger charge is 2.33. The number of carboxylic acids is 1. The van der Waals surface area contributed by atoms with Gasteiger partial charge in [0.05, 0.1) is 20.0 Å². The minimum atomic E-state index is -5.01. The van der Waals surface area contributed by atoms with Crippen LogP contribution in [0.1, 0.15) is 11.1 Å². The molecule has 0 saturated carbocycles. The van der Waals surface area contributed by atoms with Crippen molar-refractivity contribution in [2.45, 2.75) is 25.6 Å². The SMILES string of the molecule is COC(=O)Cc1ccc(F)c(OC(F)(F)F)c1.O=C(O)Cc1ccc(F)c(OC(F)(F)F)c1. The molecule has 182 valence electrons.